The second-order valence-electron chi connectivity index (χ2n) is 6.51. The molecule has 0 saturated heterocycles. The van der Waals surface area contributed by atoms with Crippen molar-refractivity contribution in [2.45, 2.75) is 22.3 Å². The van der Waals surface area contributed by atoms with Gasteiger partial charge >= 0.3 is 12.0 Å². The van der Waals surface area contributed by atoms with E-state index in [1.807, 2.05) is 0 Å². The summed E-state index contributed by atoms with van der Waals surface area (Å²) in [5, 5.41) is 42.5. The van der Waals surface area contributed by atoms with Crippen molar-refractivity contribution in [3.8, 4) is 5.75 Å². The average Bonchev–Trinajstić information content (AvgIpc) is 2.72. The lowest BCUT2D eigenvalue weighted by atomic mass is 10.1. The fourth-order valence-electron chi connectivity index (χ4n) is 2.68. The maximum Gasteiger partial charge on any atom is 0.319 e. The Morgan fingerprint density at radius 2 is 1.68 bits per heavy atom. The van der Waals surface area contributed by atoms with Gasteiger partial charge in [0.15, 0.2) is 0 Å². The van der Waals surface area contributed by atoms with E-state index in [1.54, 1.807) is 24.5 Å². The van der Waals surface area contributed by atoms with Gasteiger partial charge in [0.05, 0.1) is 15.4 Å². The van der Waals surface area contributed by atoms with Gasteiger partial charge in [-0.1, -0.05) is 6.07 Å². The maximum atomic E-state index is 12.7. The fourth-order valence-corrected chi connectivity index (χ4v) is 3.96. The smallest absolute Gasteiger partial charge is 0.319 e. The number of amides is 2. The molecular formula is C20H19N3O7S. The molecule has 11 heteroatoms. The normalized spacial score (nSPS) is 11.7. The van der Waals surface area contributed by atoms with Crippen molar-refractivity contribution in [1.82, 2.24) is 10.3 Å². The Kier molecular flexibility index (Phi) is 6.22. The van der Waals surface area contributed by atoms with E-state index < -0.39 is 33.2 Å². The highest BCUT2D eigenvalue weighted by Gasteiger charge is 2.28. The van der Waals surface area contributed by atoms with Gasteiger partial charge in [0.2, 0.25) is 9.84 Å². The van der Waals surface area contributed by atoms with E-state index in [4.69, 9.17) is 15.3 Å². The summed E-state index contributed by atoms with van der Waals surface area (Å²) < 4.78 is 25.5. The summed E-state index contributed by atoms with van der Waals surface area (Å²) in [4.78, 5) is 15.5. The zero-order chi connectivity index (χ0) is 22.6. The number of hydrogen-bond acceptors (Lipinski definition) is 8. The van der Waals surface area contributed by atoms with Crippen molar-refractivity contribution in [3.63, 3.8) is 0 Å². The highest BCUT2D eigenvalue weighted by atomic mass is 32.2. The van der Waals surface area contributed by atoms with Gasteiger partial charge in [0, 0.05) is 24.6 Å². The topological polar surface area (TPSA) is 169 Å². The molecule has 2 aromatic carbocycles. The predicted octanol–water partition coefficient (Wildman–Crippen LogP) is 1.03. The highest BCUT2D eigenvalue weighted by molar-refractivity contribution is 7.91. The Balaban J connectivity index is 1.70. The number of benzene rings is 2. The number of phenols is 1. The Hall–Kier alpha value is -3.51. The molecule has 1 aromatic heterocycles. The number of rotatable bonds is 6. The van der Waals surface area contributed by atoms with Crippen molar-refractivity contribution in [2.75, 3.05) is 5.32 Å². The number of sulfone groups is 1. The molecule has 3 rings (SSSR count). The summed E-state index contributed by atoms with van der Waals surface area (Å²) in [6, 6.07) is 11.1. The van der Waals surface area contributed by atoms with E-state index in [1.165, 1.54) is 24.3 Å². The SMILES string of the molecule is O=C(NCc1cccnc1)Nc1ccc(S(=O)(=O)c2ccc(C(O)(O)O)c(O)c2)cc1. The lowest BCUT2D eigenvalue weighted by Gasteiger charge is -2.16. The molecule has 162 valence electrons. The first kappa shape index (κ1) is 22.2. The van der Waals surface area contributed by atoms with Gasteiger partial charge in [0.1, 0.15) is 5.75 Å². The molecule has 0 unspecified atom stereocenters. The molecule has 0 bridgehead atoms. The molecule has 0 spiro atoms. The van der Waals surface area contributed by atoms with Crippen LogP contribution in [-0.2, 0) is 22.4 Å². The monoisotopic (exact) mass is 445 g/mol. The van der Waals surface area contributed by atoms with Crippen molar-refractivity contribution in [2.24, 2.45) is 0 Å². The van der Waals surface area contributed by atoms with Gasteiger partial charge in [-0.2, -0.15) is 0 Å². The van der Waals surface area contributed by atoms with E-state index >= 15 is 0 Å². The molecule has 3 aromatic rings. The molecule has 0 aliphatic rings. The van der Waals surface area contributed by atoms with E-state index in [-0.39, 0.29) is 16.3 Å². The molecule has 1 heterocycles. The lowest BCUT2D eigenvalue weighted by molar-refractivity contribution is -0.324. The highest BCUT2D eigenvalue weighted by Crippen LogP contribution is 2.31. The third-order valence-corrected chi connectivity index (χ3v) is 6.01. The fraction of sp³-hybridized carbons (Fsp3) is 0.100. The molecule has 0 fully saturated rings. The van der Waals surface area contributed by atoms with Gasteiger partial charge < -0.3 is 31.1 Å². The predicted molar refractivity (Wildman–Crippen MR) is 108 cm³/mol. The van der Waals surface area contributed by atoms with Crippen LogP contribution >= 0.6 is 0 Å². The van der Waals surface area contributed by atoms with Crippen molar-refractivity contribution in [3.05, 3.63) is 78.1 Å². The van der Waals surface area contributed by atoms with Crippen LogP contribution in [-0.4, -0.2) is 39.9 Å². The lowest BCUT2D eigenvalue weighted by Crippen LogP contribution is -2.28. The molecular weight excluding hydrogens is 426 g/mol. The van der Waals surface area contributed by atoms with Crippen LogP contribution in [0.4, 0.5) is 10.5 Å². The van der Waals surface area contributed by atoms with Gasteiger partial charge in [0.25, 0.3) is 0 Å². The van der Waals surface area contributed by atoms with Crippen LogP contribution in [0.1, 0.15) is 11.1 Å². The minimum Gasteiger partial charge on any atom is -0.507 e. The number of aromatic hydroxyl groups is 1. The second-order valence-corrected chi connectivity index (χ2v) is 8.46. The summed E-state index contributed by atoms with van der Waals surface area (Å²) in [5.74, 6) is -4.12. The standard InChI is InChI=1S/C20H19N3O7S/c24-18-10-16(7-8-17(18)20(26,27)28)31(29,30)15-5-3-14(4-6-15)23-19(25)22-12-13-2-1-9-21-11-13/h1-11,24,26-28H,12H2,(H2,22,23,25). The molecule has 6 N–H and O–H groups in total. The van der Waals surface area contributed by atoms with E-state index in [9.17, 15) is 18.3 Å². The number of pyridine rings is 1. The number of phenolic OH excluding ortho intramolecular Hbond substituents is 1. The van der Waals surface area contributed by atoms with Crippen molar-refractivity contribution >= 4 is 21.6 Å². The largest absolute Gasteiger partial charge is 0.507 e. The van der Waals surface area contributed by atoms with Gasteiger partial charge in [-0.15, -0.1) is 0 Å². The van der Waals surface area contributed by atoms with E-state index in [0.717, 1.165) is 23.8 Å². The molecule has 10 nitrogen and oxygen atoms in total. The number of carbonyl (C=O) groups excluding carboxylic acids is 1. The average molecular weight is 445 g/mol. The summed E-state index contributed by atoms with van der Waals surface area (Å²) in [7, 11) is -4.06. The third kappa shape index (κ3) is 5.35. The van der Waals surface area contributed by atoms with Crippen molar-refractivity contribution < 1.29 is 33.6 Å². The quantitative estimate of drug-likeness (QED) is 0.306. The zero-order valence-corrected chi connectivity index (χ0v) is 16.7. The number of carbonyl (C=O) groups is 1. The van der Waals surface area contributed by atoms with Crippen LogP contribution in [0, 0.1) is 0 Å². The van der Waals surface area contributed by atoms with Crippen molar-refractivity contribution in [1.29, 1.82) is 0 Å². The van der Waals surface area contributed by atoms with Crippen LogP contribution in [0.25, 0.3) is 0 Å². The first-order valence-electron chi connectivity index (χ1n) is 8.87. The molecule has 0 aliphatic carbocycles. The van der Waals surface area contributed by atoms with Crippen LogP contribution in [0.15, 0.2) is 76.8 Å². The number of nitrogens with zero attached hydrogens (tertiary/aromatic N) is 1. The Bertz CT molecular complexity index is 1180. The summed E-state index contributed by atoms with van der Waals surface area (Å²) >= 11 is 0. The minimum atomic E-state index is -4.06. The van der Waals surface area contributed by atoms with E-state index in [2.05, 4.69) is 15.6 Å². The summed E-state index contributed by atoms with van der Waals surface area (Å²) in [6.45, 7) is 0.266. The molecule has 31 heavy (non-hydrogen) atoms. The van der Waals surface area contributed by atoms with Crippen LogP contribution in [0.5, 0.6) is 5.75 Å². The molecule has 0 saturated carbocycles. The molecule has 2 amide bonds. The number of anilines is 1. The minimum absolute atomic E-state index is 0.121. The number of hydrogen-bond donors (Lipinski definition) is 6. The maximum absolute atomic E-state index is 12.7. The summed E-state index contributed by atoms with van der Waals surface area (Å²) in [5.41, 5.74) is 0.504. The van der Waals surface area contributed by atoms with Gasteiger partial charge in [-0.3, -0.25) is 4.98 Å². The Morgan fingerprint density at radius 3 is 2.26 bits per heavy atom. The number of aliphatic hydroxyl groups is 3. The van der Waals surface area contributed by atoms with Gasteiger partial charge in [-0.25, -0.2) is 13.2 Å². The Labute approximate surface area is 177 Å². The molecule has 0 aliphatic heterocycles. The summed E-state index contributed by atoms with van der Waals surface area (Å²) in [6.07, 6.45) is 3.24. The first-order chi connectivity index (χ1) is 14.6. The number of aromatic nitrogens is 1. The zero-order valence-electron chi connectivity index (χ0n) is 15.9. The first-order valence-corrected chi connectivity index (χ1v) is 10.4. The van der Waals surface area contributed by atoms with Crippen LogP contribution in [0.2, 0.25) is 0 Å². The Morgan fingerprint density at radius 1 is 1.00 bits per heavy atom. The van der Waals surface area contributed by atoms with Gasteiger partial charge in [-0.05, 0) is 54.1 Å². The third-order valence-electron chi connectivity index (χ3n) is 4.24. The van der Waals surface area contributed by atoms with Crippen LogP contribution < -0.4 is 10.6 Å². The second kappa shape index (κ2) is 8.70. The number of urea groups is 1. The molecule has 0 radical (unpaired) electrons. The molecule has 0 atom stereocenters. The number of nitrogens with one attached hydrogen (secondary N) is 2. The van der Waals surface area contributed by atoms with E-state index in [0.29, 0.717) is 5.69 Å². The van der Waals surface area contributed by atoms with Crippen LogP contribution in [0.3, 0.4) is 0 Å².